The van der Waals surface area contributed by atoms with Gasteiger partial charge in [0.25, 0.3) is 0 Å². The van der Waals surface area contributed by atoms with Crippen LogP contribution >= 0.6 is 11.6 Å². The van der Waals surface area contributed by atoms with Crippen molar-refractivity contribution in [2.45, 2.75) is 13.0 Å². The third-order valence-corrected chi connectivity index (χ3v) is 3.03. The molecule has 114 valence electrons. The van der Waals surface area contributed by atoms with Gasteiger partial charge >= 0.3 is 0 Å². The fourth-order valence-corrected chi connectivity index (χ4v) is 1.87. The van der Waals surface area contributed by atoms with Crippen molar-refractivity contribution in [3.05, 3.63) is 59.1 Å². The van der Waals surface area contributed by atoms with Gasteiger partial charge in [-0.15, -0.1) is 0 Å². The molecule has 2 rings (SSSR count). The average Bonchev–Trinajstić information content (AvgIpc) is 2.50. The molecule has 0 aliphatic heterocycles. The topological polar surface area (TPSA) is 71.1 Å². The van der Waals surface area contributed by atoms with Crippen molar-refractivity contribution in [2.75, 3.05) is 5.32 Å². The van der Waals surface area contributed by atoms with E-state index < -0.39 is 17.6 Å². The molecule has 1 aromatic heterocycles. The first kappa shape index (κ1) is 15.9. The Hall–Kier alpha value is -2.47. The zero-order valence-electron chi connectivity index (χ0n) is 11.5. The number of aromatic nitrogens is 1. The van der Waals surface area contributed by atoms with Crippen LogP contribution in [0.2, 0.25) is 5.02 Å². The largest absolute Gasteiger partial charge is 0.352 e. The number of rotatable bonds is 5. The number of hydrogen-bond acceptors (Lipinski definition) is 3. The van der Waals surface area contributed by atoms with Gasteiger partial charge in [-0.3, -0.25) is 14.6 Å². The molecule has 22 heavy (non-hydrogen) atoms. The summed E-state index contributed by atoms with van der Waals surface area (Å²) in [4.78, 5) is 27.3. The van der Waals surface area contributed by atoms with E-state index in [1.165, 1.54) is 12.1 Å². The molecule has 0 aliphatic rings. The quantitative estimate of drug-likeness (QED) is 0.831. The maximum atomic E-state index is 13.0. The van der Waals surface area contributed by atoms with Crippen molar-refractivity contribution in [1.29, 1.82) is 0 Å². The van der Waals surface area contributed by atoms with Gasteiger partial charge < -0.3 is 10.6 Å². The van der Waals surface area contributed by atoms with Gasteiger partial charge in [-0.25, -0.2) is 4.39 Å². The number of nitrogens with zero attached hydrogens (tertiary/aromatic N) is 1. The predicted molar refractivity (Wildman–Crippen MR) is 80.7 cm³/mol. The minimum absolute atomic E-state index is 0.0983. The van der Waals surface area contributed by atoms with E-state index in [-0.39, 0.29) is 11.4 Å². The van der Waals surface area contributed by atoms with Crippen molar-refractivity contribution < 1.29 is 14.0 Å². The monoisotopic (exact) mass is 321 g/mol. The summed E-state index contributed by atoms with van der Waals surface area (Å²) in [5, 5.41) is 4.99. The minimum atomic E-state index is -0.575. The molecule has 0 bridgehead atoms. The average molecular weight is 322 g/mol. The second-order valence-corrected chi connectivity index (χ2v) is 4.90. The van der Waals surface area contributed by atoms with E-state index in [1.54, 1.807) is 18.5 Å². The number of pyridine rings is 1. The second-order valence-electron chi connectivity index (χ2n) is 4.49. The highest BCUT2D eigenvalue weighted by atomic mass is 35.5. The highest BCUT2D eigenvalue weighted by molar-refractivity contribution is 6.31. The number of carbonyl (C=O) groups excluding carboxylic acids is 2. The predicted octanol–water partition coefficient (Wildman–Crippen LogP) is 2.52. The summed E-state index contributed by atoms with van der Waals surface area (Å²) in [7, 11) is 0. The van der Waals surface area contributed by atoms with Crippen molar-refractivity contribution in [1.82, 2.24) is 10.3 Å². The first-order chi connectivity index (χ1) is 10.5. The molecule has 0 spiro atoms. The lowest BCUT2D eigenvalue weighted by molar-refractivity contribution is -0.126. The molecule has 0 unspecified atom stereocenters. The minimum Gasteiger partial charge on any atom is -0.352 e. The first-order valence-corrected chi connectivity index (χ1v) is 6.83. The van der Waals surface area contributed by atoms with Gasteiger partial charge in [-0.2, -0.15) is 0 Å². The van der Waals surface area contributed by atoms with E-state index in [0.29, 0.717) is 12.2 Å². The van der Waals surface area contributed by atoms with Crippen molar-refractivity contribution >= 4 is 29.1 Å². The molecule has 2 aromatic rings. The summed E-state index contributed by atoms with van der Waals surface area (Å²) in [6.45, 7) is 0.294. The van der Waals surface area contributed by atoms with Gasteiger partial charge in [-0.05, 0) is 29.8 Å². The molecule has 0 radical (unpaired) electrons. The smallest absolute Gasteiger partial charge is 0.233 e. The molecular formula is C15H13ClFN3O2. The van der Waals surface area contributed by atoms with E-state index in [1.807, 2.05) is 6.07 Å². The maximum Gasteiger partial charge on any atom is 0.233 e. The Morgan fingerprint density at radius 2 is 2.05 bits per heavy atom. The Bertz CT molecular complexity index is 680. The van der Waals surface area contributed by atoms with Crippen LogP contribution in [0.1, 0.15) is 12.0 Å². The number of carbonyl (C=O) groups is 2. The summed E-state index contributed by atoms with van der Waals surface area (Å²) < 4.78 is 13.0. The molecule has 0 fully saturated rings. The molecular weight excluding hydrogens is 309 g/mol. The molecule has 2 N–H and O–H groups in total. The summed E-state index contributed by atoms with van der Waals surface area (Å²) >= 11 is 5.61. The number of hydrogen-bond donors (Lipinski definition) is 2. The normalized spacial score (nSPS) is 10.1. The van der Waals surface area contributed by atoms with Gasteiger partial charge in [0.15, 0.2) is 0 Å². The summed E-state index contributed by atoms with van der Waals surface area (Å²) in [6.07, 6.45) is 2.92. The first-order valence-electron chi connectivity index (χ1n) is 6.45. The number of amides is 2. The number of nitrogens with one attached hydrogen (secondary N) is 2. The Morgan fingerprint density at radius 1 is 1.23 bits per heavy atom. The zero-order chi connectivity index (χ0) is 15.9. The Kier molecular flexibility index (Phi) is 5.43. The second kappa shape index (κ2) is 7.51. The molecule has 7 heteroatoms. The van der Waals surface area contributed by atoms with Crippen LogP contribution in [0.15, 0.2) is 42.7 Å². The van der Waals surface area contributed by atoms with Gasteiger partial charge in [0, 0.05) is 24.6 Å². The van der Waals surface area contributed by atoms with Crippen LogP contribution in [0.3, 0.4) is 0 Å². The number of benzene rings is 1. The summed E-state index contributed by atoms with van der Waals surface area (Å²) in [5.74, 6) is -1.50. The molecule has 0 atom stereocenters. The van der Waals surface area contributed by atoms with Crippen LogP contribution in [0.5, 0.6) is 0 Å². The fourth-order valence-electron chi connectivity index (χ4n) is 1.69. The van der Waals surface area contributed by atoms with Crippen LogP contribution in [-0.2, 0) is 16.1 Å². The number of halogens is 2. The molecule has 0 saturated heterocycles. The van der Waals surface area contributed by atoms with E-state index >= 15 is 0 Å². The van der Waals surface area contributed by atoms with Crippen LogP contribution in [0.25, 0.3) is 0 Å². The van der Waals surface area contributed by atoms with Crippen molar-refractivity contribution in [3.63, 3.8) is 0 Å². The standard InChI is InChI=1S/C15H13ClFN3O2/c16-12-6-11(3-4-13(12)17)20-15(22)7-14(21)19-9-10-2-1-5-18-8-10/h1-6,8H,7,9H2,(H,19,21)(H,20,22). The van der Waals surface area contributed by atoms with Crippen molar-refractivity contribution in [2.24, 2.45) is 0 Å². The molecule has 0 saturated carbocycles. The fraction of sp³-hybridized carbons (Fsp3) is 0.133. The van der Waals surface area contributed by atoms with Crippen molar-refractivity contribution in [3.8, 4) is 0 Å². The zero-order valence-corrected chi connectivity index (χ0v) is 12.2. The highest BCUT2D eigenvalue weighted by Crippen LogP contribution is 2.19. The molecule has 5 nitrogen and oxygen atoms in total. The number of anilines is 1. The molecule has 0 aliphatic carbocycles. The van der Waals surface area contributed by atoms with Gasteiger partial charge in [-0.1, -0.05) is 17.7 Å². The summed E-state index contributed by atoms with van der Waals surface area (Å²) in [6, 6.07) is 7.36. The maximum absolute atomic E-state index is 13.0. The molecule has 2 amide bonds. The van der Waals surface area contributed by atoms with Crippen LogP contribution in [-0.4, -0.2) is 16.8 Å². The van der Waals surface area contributed by atoms with E-state index in [0.717, 1.165) is 11.6 Å². The molecule has 1 aromatic carbocycles. The lowest BCUT2D eigenvalue weighted by Crippen LogP contribution is -2.27. The van der Waals surface area contributed by atoms with Gasteiger partial charge in [0.1, 0.15) is 12.2 Å². The van der Waals surface area contributed by atoms with Crippen LogP contribution in [0, 0.1) is 5.82 Å². The van der Waals surface area contributed by atoms with Crippen LogP contribution < -0.4 is 10.6 Å². The lowest BCUT2D eigenvalue weighted by atomic mass is 10.2. The lowest BCUT2D eigenvalue weighted by Gasteiger charge is -2.07. The third kappa shape index (κ3) is 4.82. The Labute approximate surface area is 131 Å². The van der Waals surface area contributed by atoms with Gasteiger partial charge in [0.05, 0.1) is 5.02 Å². The van der Waals surface area contributed by atoms with Crippen LogP contribution in [0.4, 0.5) is 10.1 Å². The SMILES string of the molecule is O=C(CC(=O)Nc1ccc(F)c(Cl)c1)NCc1cccnc1. The summed E-state index contributed by atoms with van der Waals surface area (Å²) in [5.41, 5.74) is 1.16. The van der Waals surface area contributed by atoms with E-state index in [9.17, 15) is 14.0 Å². The Morgan fingerprint density at radius 3 is 2.73 bits per heavy atom. The van der Waals surface area contributed by atoms with E-state index in [4.69, 9.17) is 11.6 Å². The van der Waals surface area contributed by atoms with Gasteiger partial charge in [0.2, 0.25) is 11.8 Å². The third-order valence-electron chi connectivity index (χ3n) is 2.74. The molecule has 1 heterocycles. The Balaban J connectivity index is 1.81. The highest BCUT2D eigenvalue weighted by Gasteiger charge is 2.10. The van der Waals surface area contributed by atoms with E-state index in [2.05, 4.69) is 15.6 Å².